The Labute approximate surface area is 163 Å². The zero-order valence-electron chi connectivity index (χ0n) is 16.8. The summed E-state index contributed by atoms with van der Waals surface area (Å²) in [6, 6.07) is 8.65. The van der Waals surface area contributed by atoms with Crippen LogP contribution in [0.15, 0.2) is 29.4 Å². The van der Waals surface area contributed by atoms with Crippen molar-refractivity contribution in [3.63, 3.8) is 0 Å². The molecule has 0 spiro atoms. The van der Waals surface area contributed by atoms with Crippen molar-refractivity contribution >= 4 is 17.3 Å². The molecule has 0 aliphatic carbocycles. The number of hydrazone groups is 1. The lowest BCUT2D eigenvalue weighted by atomic mass is 10.0. The average molecular weight is 371 g/mol. The summed E-state index contributed by atoms with van der Waals surface area (Å²) < 4.78 is 0. The number of piperazine rings is 1. The van der Waals surface area contributed by atoms with Crippen LogP contribution in [-0.2, 0) is 4.79 Å². The van der Waals surface area contributed by atoms with Gasteiger partial charge < -0.3 is 4.90 Å². The first-order valence-electron chi connectivity index (χ1n) is 10.7. The molecule has 5 heteroatoms. The molecule has 3 rings (SSSR count). The molecule has 148 valence electrons. The van der Waals surface area contributed by atoms with Crippen molar-refractivity contribution in [3.05, 3.63) is 29.8 Å². The second kappa shape index (κ2) is 10.5. The van der Waals surface area contributed by atoms with Crippen LogP contribution in [0, 0.1) is 0 Å². The molecule has 0 radical (unpaired) electrons. The summed E-state index contributed by atoms with van der Waals surface area (Å²) in [4.78, 5) is 16.3. The lowest BCUT2D eigenvalue weighted by Gasteiger charge is -2.36. The van der Waals surface area contributed by atoms with Gasteiger partial charge in [0.25, 0.3) is 0 Å². The number of amides is 1. The van der Waals surface area contributed by atoms with Gasteiger partial charge in [-0.1, -0.05) is 51.2 Å². The fraction of sp³-hybridized carbons (Fsp3) is 0.636. The summed E-state index contributed by atoms with van der Waals surface area (Å²) in [6.07, 6.45) is 9.49. The third kappa shape index (κ3) is 6.06. The SMILES string of the molecule is CCCCCCCCN1CCN(c2ccc(C3=NNC(=O)CC3)cc2)CC1. The van der Waals surface area contributed by atoms with Crippen LogP contribution in [-0.4, -0.2) is 49.2 Å². The summed E-state index contributed by atoms with van der Waals surface area (Å²) in [5.74, 6) is 0.00852. The molecule has 2 heterocycles. The molecule has 0 bridgehead atoms. The minimum absolute atomic E-state index is 0.00852. The minimum atomic E-state index is 0.00852. The summed E-state index contributed by atoms with van der Waals surface area (Å²) in [7, 11) is 0. The Morgan fingerprint density at radius 1 is 0.926 bits per heavy atom. The highest BCUT2D eigenvalue weighted by Crippen LogP contribution is 2.19. The van der Waals surface area contributed by atoms with Gasteiger partial charge in [0.15, 0.2) is 0 Å². The maximum atomic E-state index is 11.2. The second-order valence-corrected chi connectivity index (χ2v) is 7.74. The molecular formula is C22H34N4O. The van der Waals surface area contributed by atoms with Gasteiger partial charge in [-0.2, -0.15) is 5.10 Å². The normalized spacial score (nSPS) is 18.3. The van der Waals surface area contributed by atoms with Crippen LogP contribution >= 0.6 is 0 Å². The monoisotopic (exact) mass is 370 g/mol. The van der Waals surface area contributed by atoms with E-state index in [1.54, 1.807) is 0 Å². The maximum Gasteiger partial charge on any atom is 0.240 e. The number of anilines is 1. The second-order valence-electron chi connectivity index (χ2n) is 7.74. The van der Waals surface area contributed by atoms with Crippen LogP contribution in [0.25, 0.3) is 0 Å². The van der Waals surface area contributed by atoms with E-state index >= 15 is 0 Å². The number of carbonyl (C=O) groups excluding carboxylic acids is 1. The summed E-state index contributed by atoms with van der Waals surface area (Å²) in [6.45, 7) is 8.06. The smallest absolute Gasteiger partial charge is 0.240 e. The average Bonchev–Trinajstić information content (AvgIpc) is 2.72. The predicted octanol–water partition coefficient (Wildman–Crippen LogP) is 3.78. The van der Waals surface area contributed by atoms with E-state index in [1.165, 1.54) is 50.8 Å². The van der Waals surface area contributed by atoms with E-state index in [4.69, 9.17) is 0 Å². The van der Waals surface area contributed by atoms with Crippen LogP contribution in [0.1, 0.15) is 63.9 Å². The quantitative estimate of drug-likeness (QED) is 0.673. The molecule has 0 atom stereocenters. The van der Waals surface area contributed by atoms with Gasteiger partial charge in [-0.05, 0) is 30.7 Å². The van der Waals surface area contributed by atoms with E-state index in [0.29, 0.717) is 6.42 Å². The highest BCUT2D eigenvalue weighted by Gasteiger charge is 2.18. The third-order valence-electron chi connectivity index (χ3n) is 5.67. The number of rotatable bonds is 9. The zero-order chi connectivity index (χ0) is 18.9. The highest BCUT2D eigenvalue weighted by atomic mass is 16.2. The number of hydrogen-bond acceptors (Lipinski definition) is 4. The molecule has 27 heavy (non-hydrogen) atoms. The van der Waals surface area contributed by atoms with Gasteiger partial charge in [-0.3, -0.25) is 9.69 Å². The Kier molecular flexibility index (Phi) is 7.69. The Morgan fingerprint density at radius 3 is 2.30 bits per heavy atom. The van der Waals surface area contributed by atoms with Crippen molar-refractivity contribution in [2.24, 2.45) is 5.10 Å². The number of benzene rings is 1. The molecule has 1 aromatic rings. The molecule has 0 aromatic heterocycles. The van der Waals surface area contributed by atoms with E-state index in [1.807, 2.05) is 0 Å². The van der Waals surface area contributed by atoms with Crippen molar-refractivity contribution in [1.29, 1.82) is 0 Å². The van der Waals surface area contributed by atoms with Crippen molar-refractivity contribution in [3.8, 4) is 0 Å². The molecule has 1 aromatic carbocycles. The molecule has 1 amide bonds. The number of hydrogen-bond donors (Lipinski definition) is 1. The van der Waals surface area contributed by atoms with Crippen LogP contribution in [0.2, 0.25) is 0 Å². The first kappa shape index (κ1) is 19.9. The van der Waals surface area contributed by atoms with E-state index < -0.39 is 0 Å². The van der Waals surface area contributed by atoms with Gasteiger partial charge in [-0.15, -0.1) is 0 Å². The molecule has 0 unspecified atom stereocenters. The molecule has 1 fully saturated rings. The molecule has 0 saturated carbocycles. The summed E-state index contributed by atoms with van der Waals surface area (Å²) >= 11 is 0. The number of nitrogens with one attached hydrogen (secondary N) is 1. The fourth-order valence-corrected chi connectivity index (χ4v) is 3.89. The molecule has 2 aliphatic heterocycles. The van der Waals surface area contributed by atoms with Crippen LogP contribution in [0.3, 0.4) is 0 Å². The van der Waals surface area contributed by atoms with Crippen LogP contribution < -0.4 is 10.3 Å². The van der Waals surface area contributed by atoms with E-state index in [9.17, 15) is 4.79 Å². The van der Waals surface area contributed by atoms with Crippen molar-refractivity contribution in [1.82, 2.24) is 10.3 Å². The minimum Gasteiger partial charge on any atom is -0.369 e. The summed E-state index contributed by atoms with van der Waals surface area (Å²) in [5, 5.41) is 4.18. The number of nitrogens with zero attached hydrogens (tertiary/aromatic N) is 3. The topological polar surface area (TPSA) is 47.9 Å². The van der Waals surface area contributed by atoms with Crippen LogP contribution in [0.5, 0.6) is 0 Å². The first-order valence-corrected chi connectivity index (χ1v) is 10.7. The predicted molar refractivity (Wildman–Crippen MR) is 112 cm³/mol. The molecular weight excluding hydrogens is 336 g/mol. The third-order valence-corrected chi connectivity index (χ3v) is 5.67. The van der Waals surface area contributed by atoms with Gasteiger partial charge in [-0.25, -0.2) is 5.43 Å². The highest BCUT2D eigenvalue weighted by molar-refractivity contribution is 6.04. The first-order chi connectivity index (χ1) is 13.3. The van der Waals surface area contributed by atoms with Gasteiger partial charge >= 0.3 is 0 Å². The fourth-order valence-electron chi connectivity index (χ4n) is 3.89. The largest absolute Gasteiger partial charge is 0.369 e. The van der Waals surface area contributed by atoms with E-state index in [-0.39, 0.29) is 5.91 Å². The van der Waals surface area contributed by atoms with Crippen molar-refractivity contribution in [2.75, 3.05) is 37.6 Å². The lowest BCUT2D eigenvalue weighted by molar-refractivity contribution is -0.121. The van der Waals surface area contributed by atoms with E-state index in [2.05, 4.69) is 51.5 Å². The Balaban J connectivity index is 1.40. The molecule has 5 nitrogen and oxygen atoms in total. The summed E-state index contributed by atoms with van der Waals surface area (Å²) in [5.41, 5.74) is 5.96. The molecule has 1 N–H and O–H groups in total. The van der Waals surface area contributed by atoms with Crippen molar-refractivity contribution in [2.45, 2.75) is 58.3 Å². The zero-order valence-corrected chi connectivity index (χ0v) is 16.8. The maximum absolute atomic E-state index is 11.2. The number of carbonyl (C=O) groups is 1. The van der Waals surface area contributed by atoms with Crippen LogP contribution in [0.4, 0.5) is 5.69 Å². The van der Waals surface area contributed by atoms with Gasteiger partial charge in [0.2, 0.25) is 5.91 Å². The van der Waals surface area contributed by atoms with Gasteiger partial charge in [0, 0.05) is 44.7 Å². The Bertz CT molecular complexity index is 618. The van der Waals surface area contributed by atoms with E-state index in [0.717, 1.165) is 43.9 Å². The standard InChI is InChI=1S/C22H34N4O/c1-2-3-4-5-6-7-14-25-15-17-26(18-16-25)20-10-8-19(9-11-20)21-12-13-22(27)24-23-21/h8-11H,2-7,12-18H2,1H3,(H,24,27). The van der Waals surface area contributed by atoms with Gasteiger partial charge in [0.05, 0.1) is 5.71 Å². The Hall–Kier alpha value is -1.88. The molecule has 1 saturated heterocycles. The Morgan fingerprint density at radius 2 is 1.63 bits per heavy atom. The lowest BCUT2D eigenvalue weighted by Crippen LogP contribution is -2.46. The van der Waals surface area contributed by atoms with Gasteiger partial charge in [0.1, 0.15) is 0 Å². The van der Waals surface area contributed by atoms with Crippen molar-refractivity contribution < 1.29 is 4.79 Å². The molecule has 2 aliphatic rings. The number of unbranched alkanes of at least 4 members (excludes halogenated alkanes) is 5.